The lowest BCUT2D eigenvalue weighted by Gasteiger charge is -2.32. The summed E-state index contributed by atoms with van der Waals surface area (Å²) in [5.74, 6) is 3.21. The van der Waals surface area contributed by atoms with Crippen molar-refractivity contribution in [1.82, 2.24) is 9.88 Å². The highest BCUT2D eigenvalue weighted by atomic mass is 16.5. The van der Waals surface area contributed by atoms with Gasteiger partial charge in [-0.15, -0.1) is 0 Å². The van der Waals surface area contributed by atoms with Gasteiger partial charge in [0.25, 0.3) is 0 Å². The highest BCUT2D eigenvalue weighted by molar-refractivity contribution is 5.98. The van der Waals surface area contributed by atoms with E-state index in [1.54, 1.807) is 12.3 Å². The van der Waals surface area contributed by atoms with E-state index in [1.807, 2.05) is 37.3 Å². The molecule has 0 spiro atoms. The summed E-state index contributed by atoms with van der Waals surface area (Å²) in [4.78, 5) is 6.37. The van der Waals surface area contributed by atoms with Gasteiger partial charge >= 0.3 is 0 Å². The zero-order valence-corrected chi connectivity index (χ0v) is 15.3. The number of hydrogen-bond acceptors (Lipinski definition) is 5. The summed E-state index contributed by atoms with van der Waals surface area (Å²) in [5, 5.41) is 13.1. The maximum atomic E-state index is 9.53. The second-order valence-corrected chi connectivity index (χ2v) is 6.48. The van der Waals surface area contributed by atoms with Crippen molar-refractivity contribution in [3.8, 4) is 17.4 Å². The quantitative estimate of drug-likeness (QED) is 0.378. The monoisotopic (exact) mass is 355 g/mol. The van der Waals surface area contributed by atoms with Crippen molar-refractivity contribution in [2.75, 3.05) is 19.7 Å². The van der Waals surface area contributed by atoms with Crippen LogP contribution in [0.5, 0.6) is 17.4 Å². The SMILES string of the molecule is CCOc1ccc(Oc2cc(/C(=N/O)N3CCC(C)CC3)ccn2)cc1. The molecule has 0 bridgehead atoms. The van der Waals surface area contributed by atoms with Crippen LogP contribution >= 0.6 is 0 Å². The number of amidine groups is 1. The van der Waals surface area contributed by atoms with E-state index in [4.69, 9.17) is 9.47 Å². The minimum Gasteiger partial charge on any atom is -0.494 e. The highest BCUT2D eigenvalue weighted by Gasteiger charge is 2.21. The van der Waals surface area contributed by atoms with E-state index in [0.717, 1.165) is 37.2 Å². The fourth-order valence-electron chi connectivity index (χ4n) is 3.02. The Labute approximate surface area is 154 Å². The molecular formula is C20H25N3O3. The molecule has 2 aromatic rings. The average Bonchev–Trinajstić information content (AvgIpc) is 2.66. The van der Waals surface area contributed by atoms with Crippen molar-refractivity contribution in [2.24, 2.45) is 11.1 Å². The molecule has 1 N–H and O–H groups in total. The van der Waals surface area contributed by atoms with Crippen molar-refractivity contribution >= 4 is 5.84 Å². The van der Waals surface area contributed by atoms with Gasteiger partial charge in [0.15, 0.2) is 5.84 Å². The van der Waals surface area contributed by atoms with Crippen molar-refractivity contribution in [2.45, 2.75) is 26.7 Å². The molecule has 3 rings (SSSR count). The molecule has 26 heavy (non-hydrogen) atoms. The predicted molar refractivity (Wildman–Crippen MR) is 100 cm³/mol. The largest absolute Gasteiger partial charge is 0.494 e. The topological polar surface area (TPSA) is 67.2 Å². The number of rotatable bonds is 5. The van der Waals surface area contributed by atoms with E-state index in [0.29, 0.717) is 30.0 Å². The average molecular weight is 355 g/mol. The number of oxime groups is 1. The van der Waals surface area contributed by atoms with Gasteiger partial charge in [-0.1, -0.05) is 12.1 Å². The van der Waals surface area contributed by atoms with Crippen molar-refractivity contribution in [3.63, 3.8) is 0 Å². The number of likely N-dealkylation sites (tertiary alicyclic amines) is 1. The molecule has 0 saturated carbocycles. The second kappa shape index (κ2) is 8.56. The van der Waals surface area contributed by atoms with Crippen LogP contribution in [-0.2, 0) is 0 Å². The number of pyridine rings is 1. The van der Waals surface area contributed by atoms with Crippen LogP contribution in [0.4, 0.5) is 0 Å². The van der Waals surface area contributed by atoms with Gasteiger partial charge in [-0.05, 0) is 56.0 Å². The fraction of sp³-hybridized carbons (Fsp3) is 0.400. The van der Waals surface area contributed by atoms with Gasteiger partial charge in [0, 0.05) is 30.9 Å². The first-order valence-corrected chi connectivity index (χ1v) is 9.03. The van der Waals surface area contributed by atoms with E-state index in [1.165, 1.54) is 0 Å². The first kappa shape index (κ1) is 18.0. The summed E-state index contributed by atoms with van der Waals surface area (Å²) in [6.07, 6.45) is 3.86. The maximum Gasteiger partial charge on any atom is 0.219 e. The first-order chi connectivity index (χ1) is 12.7. The Bertz CT molecular complexity index is 738. The van der Waals surface area contributed by atoms with E-state index in [-0.39, 0.29) is 0 Å². The Balaban J connectivity index is 1.72. The zero-order valence-electron chi connectivity index (χ0n) is 15.3. The molecule has 2 heterocycles. The molecule has 1 aliphatic rings. The summed E-state index contributed by atoms with van der Waals surface area (Å²) in [6.45, 7) is 6.60. The van der Waals surface area contributed by atoms with Crippen LogP contribution in [0.3, 0.4) is 0 Å². The fourth-order valence-corrected chi connectivity index (χ4v) is 3.02. The molecule has 0 aliphatic carbocycles. The van der Waals surface area contributed by atoms with Gasteiger partial charge in [-0.2, -0.15) is 0 Å². The molecule has 1 saturated heterocycles. The van der Waals surface area contributed by atoms with Crippen LogP contribution < -0.4 is 9.47 Å². The number of nitrogens with zero attached hydrogens (tertiary/aromatic N) is 3. The molecule has 138 valence electrons. The lowest BCUT2D eigenvalue weighted by atomic mass is 9.98. The Kier molecular flexibility index (Phi) is 5.94. The van der Waals surface area contributed by atoms with Crippen molar-refractivity contribution in [1.29, 1.82) is 0 Å². The van der Waals surface area contributed by atoms with Gasteiger partial charge in [-0.25, -0.2) is 4.98 Å². The standard InChI is InChI=1S/C20H25N3O3/c1-3-25-17-4-6-18(7-5-17)26-19-14-16(8-11-21-19)20(22-24)23-12-9-15(2)10-13-23/h4-8,11,14-15,24H,3,9-10,12-13H2,1-2H3/b22-20-. The summed E-state index contributed by atoms with van der Waals surface area (Å²) >= 11 is 0. The highest BCUT2D eigenvalue weighted by Crippen LogP contribution is 2.24. The molecule has 1 aromatic heterocycles. The number of piperidine rings is 1. The second-order valence-electron chi connectivity index (χ2n) is 6.48. The molecule has 6 nitrogen and oxygen atoms in total. The van der Waals surface area contributed by atoms with Gasteiger partial charge in [0.1, 0.15) is 11.5 Å². The van der Waals surface area contributed by atoms with Crippen LogP contribution in [-0.4, -0.2) is 40.6 Å². The molecule has 1 aliphatic heterocycles. The third-order valence-corrected chi connectivity index (χ3v) is 4.53. The number of hydrogen-bond donors (Lipinski definition) is 1. The minimum atomic E-state index is 0.457. The van der Waals surface area contributed by atoms with E-state index >= 15 is 0 Å². The molecule has 6 heteroatoms. The molecule has 1 aromatic carbocycles. The minimum absolute atomic E-state index is 0.457. The van der Waals surface area contributed by atoms with Crippen molar-refractivity contribution < 1.29 is 14.7 Å². The molecule has 0 amide bonds. The Morgan fingerprint density at radius 1 is 1.19 bits per heavy atom. The molecule has 0 radical (unpaired) electrons. The first-order valence-electron chi connectivity index (χ1n) is 9.03. The Morgan fingerprint density at radius 2 is 1.88 bits per heavy atom. The van der Waals surface area contributed by atoms with E-state index in [9.17, 15) is 5.21 Å². The Morgan fingerprint density at radius 3 is 2.54 bits per heavy atom. The normalized spacial score (nSPS) is 15.8. The lowest BCUT2D eigenvalue weighted by molar-refractivity contribution is 0.258. The number of benzene rings is 1. The number of aromatic nitrogens is 1. The Hall–Kier alpha value is -2.76. The smallest absolute Gasteiger partial charge is 0.219 e. The predicted octanol–water partition coefficient (Wildman–Crippen LogP) is 4.14. The maximum absolute atomic E-state index is 9.53. The van der Waals surface area contributed by atoms with Gasteiger partial charge < -0.3 is 19.6 Å². The molecular weight excluding hydrogens is 330 g/mol. The molecule has 0 atom stereocenters. The number of ether oxygens (including phenoxy) is 2. The molecule has 1 fully saturated rings. The van der Waals surface area contributed by atoms with Gasteiger partial charge in [0.05, 0.1) is 6.61 Å². The summed E-state index contributed by atoms with van der Waals surface area (Å²) in [5.41, 5.74) is 0.790. The van der Waals surface area contributed by atoms with Gasteiger partial charge in [-0.3, -0.25) is 0 Å². The van der Waals surface area contributed by atoms with Crippen LogP contribution in [0.1, 0.15) is 32.3 Å². The van der Waals surface area contributed by atoms with Crippen LogP contribution in [0.25, 0.3) is 0 Å². The van der Waals surface area contributed by atoms with Crippen molar-refractivity contribution in [3.05, 3.63) is 48.2 Å². The van der Waals surface area contributed by atoms with Crippen LogP contribution in [0.15, 0.2) is 47.8 Å². The van der Waals surface area contributed by atoms with Crippen LogP contribution in [0.2, 0.25) is 0 Å². The lowest BCUT2D eigenvalue weighted by Crippen LogP contribution is -2.38. The summed E-state index contributed by atoms with van der Waals surface area (Å²) < 4.78 is 11.3. The van der Waals surface area contributed by atoms with E-state index in [2.05, 4.69) is 22.0 Å². The van der Waals surface area contributed by atoms with Crippen LogP contribution in [0, 0.1) is 5.92 Å². The summed E-state index contributed by atoms with van der Waals surface area (Å²) in [7, 11) is 0. The van der Waals surface area contributed by atoms with Gasteiger partial charge in [0.2, 0.25) is 5.88 Å². The third-order valence-electron chi connectivity index (χ3n) is 4.53. The third kappa shape index (κ3) is 4.45. The summed E-state index contributed by atoms with van der Waals surface area (Å²) in [6, 6.07) is 11.0. The van der Waals surface area contributed by atoms with E-state index < -0.39 is 0 Å². The molecule has 0 unspecified atom stereocenters. The zero-order chi connectivity index (χ0) is 18.4.